The molecule has 2 aromatic rings. The first-order valence-corrected chi connectivity index (χ1v) is 9.76. The molecule has 1 aromatic carbocycles. The number of aryl methyl sites for hydroxylation is 1. The number of benzene rings is 1. The molecule has 5 nitrogen and oxygen atoms in total. The molecule has 0 unspecified atom stereocenters. The zero-order chi connectivity index (χ0) is 18.9. The Kier molecular flexibility index (Phi) is 8.09. The lowest BCUT2D eigenvalue weighted by Gasteiger charge is -2.20. The molecule has 0 aliphatic heterocycles. The van der Waals surface area contributed by atoms with Gasteiger partial charge in [0.05, 0.1) is 24.0 Å². The molecule has 1 heterocycles. The van der Waals surface area contributed by atoms with Gasteiger partial charge in [0.1, 0.15) is 0 Å². The van der Waals surface area contributed by atoms with Gasteiger partial charge in [-0.2, -0.15) is 0 Å². The highest BCUT2D eigenvalue weighted by molar-refractivity contribution is 7.16. The predicted octanol–water partition coefficient (Wildman–Crippen LogP) is 3.68. The molecule has 1 aromatic heterocycles. The summed E-state index contributed by atoms with van der Waals surface area (Å²) in [7, 11) is 0. The minimum atomic E-state index is -0.120. The summed E-state index contributed by atoms with van der Waals surface area (Å²) >= 11 is 7.33. The van der Waals surface area contributed by atoms with Gasteiger partial charge in [-0.05, 0) is 43.7 Å². The molecule has 0 aliphatic carbocycles. The number of carbonyl (C=O) groups excluding carboxylic acids is 2. The topological polar surface area (TPSA) is 61.4 Å². The van der Waals surface area contributed by atoms with E-state index in [1.54, 1.807) is 0 Å². The Hall–Kier alpha value is -1.89. The van der Waals surface area contributed by atoms with Crippen molar-refractivity contribution in [2.45, 2.75) is 26.8 Å². The van der Waals surface area contributed by atoms with Crippen molar-refractivity contribution in [2.75, 3.05) is 25.0 Å². The summed E-state index contributed by atoms with van der Waals surface area (Å²) in [5, 5.41) is 5.78. The molecule has 2 N–H and O–H groups in total. The lowest BCUT2D eigenvalue weighted by molar-refractivity contribution is -0.123. The highest BCUT2D eigenvalue weighted by Crippen LogP contribution is 2.20. The average molecular weight is 394 g/mol. The molecule has 0 aliphatic rings. The first-order valence-electron chi connectivity index (χ1n) is 8.56. The number of halogens is 1. The van der Waals surface area contributed by atoms with E-state index >= 15 is 0 Å². The van der Waals surface area contributed by atoms with Crippen molar-refractivity contribution < 1.29 is 9.59 Å². The molecule has 0 saturated heterocycles. The van der Waals surface area contributed by atoms with Gasteiger partial charge in [0.25, 0.3) is 0 Å². The van der Waals surface area contributed by atoms with Gasteiger partial charge in [0, 0.05) is 10.6 Å². The van der Waals surface area contributed by atoms with Crippen molar-refractivity contribution in [1.29, 1.82) is 0 Å². The molecule has 0 fully saturated rings. The van der Waals surface area contributed by atoms with Gasteiger partial charge < -0.3 is 10.6 Å². The highest BCUT2D eigenvalue weighted by Gasteiger charge is 2.14. The quantitative estimate of drug-likeness (QED) is 0.683. The average Bonchev–Trinajstić information content (AvgIpc) is 3.01. The zero-order valence-corrected chi connectivity index (χ0v) is 16.6. The van der Waals surface area contributed by atoms with E-state index in [1.807, 2.05) is 55.1 Å². The van der Waals surface area contributed by atoms with E-state index in [0.717, 1.165) is 22.5 Å². The van der Waals surface area contributed by atoms with Crippen molar-refractivity contribution >= 4 is 40.4 Å². The Bertz CT molecular complexity index is 748. The SMILES string of the molecule is CCCN(CC(=O)NCc1ccc(Cl)s1)CC(=O)Nc1ccccc1C. The van der Waals surface area contributed by atoms with E-state index in [-0.39, 0.29) is 24.9 Å². The zero-order valence-electron chi connectivity index (χ0n) is 15.0. The van der Waals surface area contributed by atoms with Gasteiger partial charge >= 0.3 is 0 Å². The number of anilines is 1. The molecule has 0 spiro atoms. The minimum absolute atomic E-state index is 0.105. The summed E-state index contributed by atoms with van der Waals surface area (Å²) in [5.41, 5.74) is 1.81. The van der Waals surface area contributed by atoms with Crippen LogP contribution >= 0.6 is 22.9 Å². The monoisotopic (exact) mass is 393 g/mol. The van der Waals surface area contributed by atoms with Gasteiger partial charge in [0.2, 0.25) is 11.8 Å². The lowest BCUT2D eigenvalue weighted by Crippen LogP contribution is -2.41. The predicted molar refractivity (Wildman–Crippen MR) is 108 cm³/mol. The van der Waals surface area contributed by atoms with Crippen LogP contribution in [0.5, 0.6) is 0 Å². The van der Waals surface area contributed by atoms with Crippen LogP contribution in [0, 0.1) is 6.92 Å². The molecule has 26 heavy (non-hydrogen) atoms. The Morgan fingerprint density at radius 1 is 1.12 bits per heavy atom. The maximum atomic E-state index is 12.3. The highest BCUT2D eigenvalue weighted by atomic mass is 35.5. The summed E-state index contributed by atoms with van der Waals surface area (Å²) in [6, 6.07) is 11.3. The Morgan fingerprint density at radius 2 is 1.85 bits per heavy atom. The standard InChI is InChI=1S/C19H24ClN3O2S/c1-3-10-23(12-18(24)21-11-15-8-9-17(20)26-15)13-19(25)22-16-7-5-4-6-14(16)2/h4-9H,3,10-13H2,1-2H3,(H,21,24)(H,22,25). The van der Waals surface area contributed by atoms with Gasteiger partial charge in [0.15, 0.2) is 0 Å². The number of nitrogens with one attached hydrogen (secondary N) is 2. The number of thiophene rings is 1. The summed E-state index contributed by atoms with van der Waals surface area (Å²) in [6.45, 7) is 5.47. The fourth-order valence-corrected chi connectivity index (χ4v) is 3.55. The van der Waals surface area contributed by atoms with Crippen LogP contribution in [-0.4, -0.2) is 36.3 Å². The van der Waals surface area contributed by atoms with E-state index < -0.39 is 0 Å². The second-order valence-electron chi connectivity index (χ2n) is 6.06. The van der Waals surface area contributed by atoms with Gasteiger partial charge in [-0.15, -0.1) is 11.3 Å². The summed E-state index contributed by atoms with van der Waals surface area (Å²) in [4.78, 5) is 27.4. The molecule has 0 radical (unpaired) electrons. The number of carbonyl (C=O) groups is 2. The van der Waals surface area contributed by atoms with E-state index in [9.17, 15) is 9.59 Å². The molecule has 0 saturated carbocycles. The minimum Gasteiger partial charge on any atom is -0.350 e. The second-order valence-corrected chi connectivity index (χ2v) is 7.86. The molecule has 0 bridgehead atoms. The van der Waals surface area contributed by atoms with Crippen molar-refractivity contribution in [3.05, 3.63) is 51.2 Å². The third-order valence-electron chi connectivity index (χ3n) is 3.78. The normalized spacial score (nSPS) is 10.8. The van der Waals surface area contributed by atoms with Gasteiger partial charge in [-0.25, -0.2) is 0 Å². The molecule has 140 valence electrons. The van der Waals surface area contributed by atoms with Crippen LogP contribution in [0.15, 0.2) is 36.4 Å². The van der Waals surface area contributed by atoms with Crippen molar-refractivity contribution in [3.63, 3.8) is 0 Å². The number of nitrogens with zero attached hydrogens (tertiary/aromatic N) is 1. The maximum Gasteiger partial charge on any atom is 0.238 e. The van der Waals surface area contributed by atoms with Crippen molar-refractivity contribution in [3.8, 4) is 0 Å². The number of hydrogen-bond acceptors (Lipinski definition) is 4. The number of hydrogen-bond donors (Lipinski definition) is 2. The van der Waals surface area contributed by atoms with E-state index in [4.69, 9.17) is 11.6 Å². The first-order chi connectivity index (χ1) is 12.5. The molecule has 7 heteroatoms. The smallest absolute Gasteiger partial charge is 0.238 e. The van der Waals surface area contributed by atoms with E-state index in [2.05, 4.69) is 10.6 Å². The first kappa shape index (κ1) is 20.4. The lowest BCUT2D eigenvalue weighted by atomic mass is 10.2. The van der Waals surface area contributed by atoms with E-state index in [0.29, 0.717) is 17.4 Å². The third kappa shape index (κ3) is 6.78. The summed E-state index contributed by atoms with van der Waals surface area (Å²) < 4.78 is 0.703. The van der Waals surface area contributed by atoms with Crippen LogP contribution in [0.4, 0.5) is 5.69 Å². The van der Waals surface area contributed by atoms with Crippen LogP contribution in [0.1, 0.15) is 23.8 Å². The van der Waals surface area contributed by atoms with Crippen LogP contribution in [0.2, 0.25) is 4.34 Å². The Labute approximate surface area is 163 Å². The van der Waals surface area contributed by atoms with Crippen LogP contribution in [0.3, 0.4) is 0 Å². The molecule has 2 rings (SSSR count). The fourth-order valence-electron chi connectivity index (χ4n) is 2.53. The summed E-state index contributed by atoms with van der Waals surface area (Å²) in [6.07, 6.45) is 0.867. The molecule has 0 atom stereocenters. The Balaban J connectivity index is 1.83. The van der Waals surface area contributed by atoms with E-state index in [1.165, 1.54) is 11.3 Å². The number of rotatable bonds is 9. The van der Waals surface area contributed by atoms with Gasteiger partial charge in [-0.1, -0.05) is 36.7 Å². The maximum absolute atomic E-state index is 12.3. The Morgan fingerprint density at radius 3 is 2.50 bits per heavy atom. The molecular formula is C19H24ClN3O2S. The van der Waals surface area contributed by atoms with Crippen LogP contribution in [-0.2, 0) is 16.1 Å². The third-order valence-corrected chi connectivity index (χ3v) is 5.01. The van der Waals surface area contributed by atoms with Crippen molar-refractivity contribution in [1.82, 2.24) is 10.2 Å². The van der Waals surface area contributed by atoms with Crippen molar-refractivity contribution in [2.24, 2.45) is 0 Å². The number of amides is 2. The molecular weight excluding hydrogens is 370 g/mol. The number of para-hydroxylation sites is 1. The molecule has 2 amide bonds. The summed E-state index contributed by atoms with van der Waals surface area (Å²) in [5.74, 6) is -0.225. The van der Waals surface area contributed by atoms with Gasteiger partial charge in [-0.3, -0.25) is 14.5 Å². The fraction of sp³-hybridized carbons (Fsp3) is 0.368. The largest absolute Gasteiger partial charge is 0.350 e. The second kappa shape index (κ2) is 10.3. The van der Waals surface area contributed by atoms with Crippen LogP contribution < -0.4 is 10.6 Å². The van der Waals surface area contributed by atoms with Crippen LogP contribution in [0.25, 0.3) is 0 Å².